The summed E-state index contributed by atoms with van der Waals surface area (Å²) in [5.74, 6) is 1.46. The van der Waals surface area contributed by atoms with Crippen molar-refractivity contribution in [1.82, 2.24) is 15.1 Å². The van der Waals surface area contributed by atoms with Crippen LogP contribution in [0.1, 0.15) is 53.1 Å². The molecule has 1 aliphatic carbocycles. The highest BCUT2D eigenvalue weighted by molar-refractivity contribution is 7.11. The number of benzene rings is 1. The van der Waals surface area contributed by atoms with Gasteiger partial charge in [-0.3, -0.25) is 9.69 Å². The minimum atomic E-state index is 0.236. The Morgan fingerprint density at radius 3 is 2.42 bits per heavy atom. The maximum atomic E-state index is 12.8. The van der Waals surface area contributed by atoms with Crippen molar-refractivity contribution in [2.45, 2.75) is 43.9 Å². The first kappa shape index (κ1) is 16.4. The van der Waals surface area contributed by atoms with E-state index in [1.54, 1.807) is 0 Å². The second-order valence-electron chi connectivity index (χ2n) is 7.73. The van der Waals surface area contributed by atoms with E-state index in [2.05, 4.69) is 33.3 Å². The van der Waals surface area contributed by atoms with Gasteiger partial charge in [0.1, 0.15) is 10.0 Å². The molecule has 1 aromatic carbocycles. The van der Waals surface area contributed by atoms with Crippen LogP contribution in [0.2, 0.25) is 0 Å². The van der Waals surface area contributed by atoms with Crippen molar-refractivity contribution in [3.63, 3.8) is 0 Å². The number of hydrogen-bond donors (Lipinski definition) is 0. The van der Waals surface area contributed by atoms with Crippen molar-refractivity contribution in [2.24, 2.45) is 0 Å². The van der Waals surface area contributed by atoms with E-state index in [9.17, 15) is 4.79 Å². The second-order valence-corrected chi connectivity index (χ2v) is 8.77. The smallest absolute Gasteiger partial charge is 0.241 e. The van der Waals surface area contributed by atoms with Gasteiger partial charge >= 0.3 is 0 Å². The van der Waals surface area contributed by atoms with Crippen LogP contribution in [-0.4, -0.2) is 47.2 Å². The molecule has 6 heteroatoms. The number of amides is 1. The number of rotatable bonds is 4. The molecule has 0 radical (unpaired) electrons. The molecule has 0 bridgehead atoms. The number of para-hydroxylation sites is 1. The fourth-order valence-electron chi connectivity index (χ4n) is 4.12. The van der Waals surface area contributed by atoms with E-state index in [1.807, 2.05) is 22.3 Å². The van der Waals surface area contributed by atoms with Crippen LogP contribution in [0.5, 0.6) is 0 Å². The summed E-state index contributed by atoms with van der Waals surface area (Å²) < 4.78 is 0. The molecule has 2 aliphatic heterocycles. The van der Waals surface area contributed by atoms with Crippen LogP contribution < -0.4 is 4.90 Å². The van der Waals surface area contributed by atoms with Gasteiger partial charge in [0.15, 0.2) is 0 Å². The van der Waals surface area contributed by atoms with Gasteiger partial charge in [0, 0.05) is 24.1 Å². The molecule has 0 atom stereocenters. The number of fused-ring (bicyclic) bond motifs is 1. The summed E-state index contributed by atoms with van der Waals surface area (Å²) in [6, 6.07) is 8.28. The molecule has 5 nitrogen and oxygen atoms in total. The molecule has 5 rings (SSSR count). The zero-order valence-corrected chi connectivity index (χ0v) is 15.7. The Kier molecular flexibility index (Phi) is 4.25. The Bertz CT molecular complexity index is 808. The topological polar surface area (TPSA) is 49.3 Å². The van der Waals surface area contributed by atoms with Gasteiger partial charge in [-0.15, -0.1) is 21.5 Å². The van der Waals surface area contributed by atoms with E-state index < -0.39 is 0 Å². The number of carbonyl (C=O) groups is 1. The molecule has 1 amide bonds. The van der Waals surface area contributed by atoms with Gasteiger partial charge < -0.3 is 4.90 Å². The number of aromatic nitrogens is 2. The van der Waals surface area contributed by atoms with Crippen molar-refractivity contribution in [3.8, 4) is 0 Å². The first-order valence-electron chi connectivity index (χ1n) is 9.72. The van der Waals surface area contributed by atoms with Crippen molar-refractivity contribution < 1.29 is 4.79 Å². The predicted octanol–water partition coefficient (Wildman–Crippen LogP) is 3.18. The molecule has 3 aliphatic rings. The van der Waals surface area contributed by atoms with Crippen LogP contribution in [0.15, 0.2) is 24.3 Å². The first-order chi connectivity index (χ1) is 12.8. The van der Waals surface area contributed by atoms with Gasteiger partial charge in [-0.25, -0.2) is 0 Å². The van der Waals surface area contributed by atoms with Gasteiger partial charge in [0.25, 0.3) is 0 Å². The fourth-order valence-corrected chi connectivity index (χ4v) is 5.30. The predicted molar refractivity (Wildman–Crippen MR) is 103 cm³/mol. The van der Waals surface area contributed by atoms with E-state index in [-0.39, 0.29) is 5.91 Å². The summed E-state index contributed by atoms with van der Waals surface area (Å²) in [7, 11) is 0. The monoisotopic (exact) mass is 368 g/mol. The summed E-state index contributed by atoms with van der Waals surface area (Å²) in [4.78, 5) is 17.1. The SMILES string of the molecule is O=C(CN1CCC(c2nnc(C3CC3)s2)CC1)N1CCc2ccccc21. The number of hydrogen-bond acceptors (Lipinski definition) is 5. The Hall–Kier alpha value is -1.79. The number of carbonyl (C=O) groups excluding carboxylic acids is 1. The molecule has 0 N–H and O–H groups in total. The van der Waals surface area contributed by atoms with Crippen molar-refractivity contribution in [1.29, 1.82) is 0 Å². The van der Waals surface area contributed by atoms with Crippen molar-refractivity contribution in [3.05, 3.63) is 39.8 Å². The highest BCUT2D eigenvalue weighted by Gasteiger charge is 2.31. The van der Waals surface area contributed by atoms with Gasteiger partial charge in [-0.05, 0) is 56.8 Å². The normalized spacial score (nSPS) is 21.2. The highest BCUT2D eigenvalue weighted by atomic mass is 32.1. The van der Waals surface area contributed by atoms with E-state index >= 15 is 0 Å². The van der Waals surface area contributed by atoms with E-state index in [4.69, 9.17) is 0 Å². The molecular weight excluding hydrogens is 344 g/mol. The van der Waals surface area contributed by atoms with Crippen LogP contribution in [0.25, 0.3) is 0 Å². The van der Waals surface area contributed by atoms with Crippen molar-refractivity contribution in [2.75, 3.05) is 31.1 Å². The average molecular weight is 369 g/mol. The molecule has 0 spiro atoms. The summed E-state index contributed by atoms with van der Waals surface area (Å²) in [5.41, 5.74) is 2.40. The third-order valence-electron chi connectivity index (χ3n) is 5.87. The van der Waals surface area contributed by atoms with E-state index in [0.29, 0.717) is 18.4 Å². The van der Waals surface area contributed by atoms with Gasteiger partial charge in [0.05, 0.1) is 6.54 Å². The fraction of sp³-hybridized carbons (Fsp3) is 0.550. The molecule has 136 valence electrons. The summed E-state index contributed by atoms with van der Waals surface area (Å²) in [6.07, 6.45) is 5.72. The molecule has 26 heavy (non-hydrogen) atoms. The minimum Gasteiger partial charge on any atom is -0.311 e. The molecule has 1 saturated heterocycles. The van der Waals surface area contributed by atoms with Crippen LogP contribution in [0.4, 0.5) is 5.69 Å². The number of nitrogens with zero attached hydrogens (tertiary/aromatic N) is 4. The maximum Gasteiger partial charge on any atom is 0.241 e. The van der Waals surface area contributed by atoms with Crippen LogP contribution in [-0.2, 0) is 11.2 Å². The molecule has 2 aromatic rings. The zero-order valence-electron chi connectivity index (χ0n) is 14.9. The summed E-state index contributed by atoms with van der Waals surface area (Å²) in [5, 5.41) is 11.3. The second kappa shape index (κ2) is 6.74. The van der Waals surface area contributed by atoms with E-state index in [0.717, 1.165) is 44.6 Å². The number of piperidine rings is 1. The Balaban J connectivity index is 1.16. The molecule has 1 aromatic heterocycles. The number of likely N-dealkylation sites (tertiary alicyclic amines) is 1. The minimum absolute atomic E-state index is 0.236. The lowest BCUT2D eigenvalue weighted by molar-refractivity contribution is -0.119. The average Bonchev–Trinajstić information content (AvgIpc) is 3.24. The standard InChI is InChI=1S/C20H24N4OS/c25-18(24-12-9-14-3-1-2-4-17(14)24)13-23-10-7-16(8-11-23)20-22-21-19(26-20)15-5-6-15/h1-4,15-16H,5-13H2. The van der Waals surface area contributed by atoms with Crippen molar-refractivity contribution >= 4 is 22.9 Å². The Morgan fingerprint density at radius 2 is 1.69 bits per heavy atom. The summed E-state index contributed by atoms with van der Waals surface area (Å²) >= 11 is 1.82. The van der Waals surface area contributed by atoms with Gasteiger partial charge in [0.2, 0.25) is 5.91 Å². The largest absolute Gasteiger partial charge is 0.311 e. The van der Waals surface area contributed by atoms with Crippen LogP contribution >= 0.6 is 11.3 Å². The van der Waals surface area contributed by atoms with Gasteiger partial charge in [-0.2, -0.15) is 0 Å². The third-order valence-corrected chi connectivity index (χ3v) is 7.11. The first-order valence-corrected chi connectivity index (χ1v) is 10.5. The Labute approximate surface area is 158 Å². The van der Waals surface area contributed by atoms with E-state index in [1.165, 1.54) is 28.4 Å². The van der Waals surface area contributed by atoms with Gasteiger partial charge in [-0.1, -0.05) is 18.2 Å². The Morgan fingerprint density at radius 1 is 1.00 bits per heavy atom. The lowest BCUT2D eigenvalue weighted by Gasteiger charge is -2.31. The third kappa shape index (κ3) is 3.16. The molecule has 2 fully saturated rings. The lowest BCUT2D eigenvalue weighted by atomic mass is 9.97. The number of anilines is 1. The molecule has 3 heterocycles. The molecular formula is C20H24N4OS. The zero-order chi connectivity index (χ0) is 17.5. The quantitative estimate of drug-likeness (QED) is 0.832. The summed E-state index contributed by atoms with van der Waals surface area (Å²) in [6.45, 7) is 3.31. The van der Waals surface area contributed by atoms with Crippen LogP contribution in [0, 0.1) is 0 Å². The lowest BCUT2D eigenvalue weighted by Crippen LogP contribution is -2.42. The highest BCUT2D eigenvalue weighted by Crippen LogP contribution is 2.43. The van der Waals surface area contributed by atoms with Crippen LogP contribution in [0.3, 0.4) is 0 Å². The molecule has 0 unspecified atom stereocenters. The maximum absolute atomic E-state index is 12.8. The molecule has 1 saturated carbocycles.